The molecule has 2 nitrogen and oxygen atoms in total. The SMILES string of the molecule is CC(C)c1ccc2c(c1)NCC(c1ccccc1)O2. The van der Waals surface area contributed by atoms with Gasteiger partial charge in [0.1, 0.15) is 11.9 Å². The summed E-state index contributed by atoms with van der Waals surface area (Å²) in [5.41, 5.74) is 3.67. The summed E-state index contributed by atoms with van der Waals surface area (Å²) in [7, 11) is 0. The second-order valence-electron chi connectivity index (χ2n) is 5.31. The van der Waals surface area contributed by atoms with Crippen molar-refractivity contribution in [3.05, 3.63) is 59.7 Å². The van der Waals surface area contributed by atoms with Crippen LogP contribution in [0.25, 0.3) is 0 Å². The van der Waals surface area contributed by atoms with Crippen molar-refractivity contribution >= 4 is 5.69 Å². The molecule has 0 amide bonds. The van der Waals surface area contributed by atoms with Crippen molar-refractivity contribution in [2.45, 2.75) is 25.9 Å². The van der Waals surface area contributed by atoms with Crippen molar-refractivity contribution in [2.75, 3.05) is 11.9 Å². The zero-order valence-electron chi connectivity index (χ0n) is 11.4. The van der Waals surface area contributed by atoms with E-state index < -0.39 is 0 Å². The lowest BCUT2D eigenvalue weighted by Crippen LogP contribution is -2.23. The fourth-order valence-corrected chi connectivity index (χ4v) is 2.40. The van der Waals surface area contributed by atoms with E-state index in [1.807, 2.05) is 6.07 Å². The highest BCUT2D eigenvalue weighted by molar-refractivity contribution is 5.60. The topological polar surface area (TPSA) is 21.3 Å². The maximum absolute atomic E-state index is 6.09. The Morgan fingerprint density at radius 2 is 1.89 bits per heavy atom. The quantitative estimate of drug-likeness (QED) is 0.858. The van der Waals surface area contributed by atoms with Crippen molar-refractivity contribution in [1.29, 1.82) is 0 Å². The van der Waals surface area contributed by atoms with Crippen LogP contribution in [0.2, 0.25) is 0 Å². The van der Waals surface area contributed by atoms with Crippen LogP contribution in [0, 0.1) is 0 Å². The first-order valence-electron chi connectivity index (χ1n) is 6.83. The molecule has 0 spiro atoms. The smallest absolute Gasteiger partial charge is 0.143 e. The zero-order valence-corrected chi connectivity index (χ0v) is 11.4. The van der Waals surface area contributed by atoms with Crippen molar-refractivity contribution in [2.24, 2.45) is 0 Å². The molecule has 2 heteroatoms. The molecular formula is C17H19NO. The third-order valence-electron chi connectivity index (χ3n) is 3.59. The van der Waals surface area contributed by atoms with Gasteiger partial charge < -0.3 is 10.1 Å². The Hall–Kier alpha value is -1.96. The summed E-state index contributed by atoms with van der Waals surface area (Å²) in [6.45, 7) is 5.23. The van der Waals surface area contributed by atoms with E-state index in [-0.39, 0.29) is 6.10 Å². The van der Waals surface area contributed by atoms with Crippen molar-refractivity contribution in [3.63, 3.8) is 0 Å². The molecule has 0 bridgehead atoms. The van der Waals surface area contributed by atoms with Crippen molar-refractivity contribution in [3.8, 4) is 5.75 Å². The summed E-state index contributed by atoms with van der Waals surface area (Å²) in [6, 6.07) is 16.8. The summed E-state index contributed by atoms with van der Waals surface area (Å²) >= 11 is 0. The third-order valence-corrected chi connectivity index (χ3v) is 3.59. The van der Waals surface area contributed by atoms with Gasteiger partial charge in [0.2, 0.25) is 0 Å². The maximum Gasteiger partial charge on any atom is 0.143 e. The molecule has 1 heterocycles. The molecule has 0 aliphatic carbocycles. The number of ether oxygens (including phenoxy) is 1. The van der Waals surface area contributed by atoms with Gasteiger partial charge in [-0.1, -0.05) is 50.2 Å². The average molecular weight is 253 g/mol. The van der Waals surface area contributed by atoms with E-state index in [1.54, 1.807) is 0 Å². The molecule has 2 aromatic carbocycles. The van der Waals surface area contributed by atoms with Crippen LogP contribution in [-0.4, -0.2) is 6.54 Å². The van der Waals surface area contributed by atoms with Crippen LogP contribution in [0.3, 0.4) is 0 Å². The molecule has 1 unspecified atom stereocenters. The van der Waals surface area contributed by atoms with Gasteiger partial charge in [0.15, 0.2) is 0 Å². The average Bonchev–Trinajstić information content (AvgIpc) is 2.47. The number of hydrogen-bond acceptors (Lipinski definition) is 2. The second kappa shape index (κ2) is 4.96. The van der Waals surface area contributed by atoms with Gasteiger partial charge in [-0.15, -0.1) is 0 Å². The molecule has 2 aromatic rings. The molecule has 0 radical (unpaired) electrons. The Morgan fingerprint density at radius 1 is 1.11 bits per heavy atom. The minimum absolute atomic E-state index is 0.0959. The number of hydrogen-bond donors (Lipinski definition) is 1. The minimum atomic E-state index is 0.0959. The van der Waals surface area contributed by atoms with Gasteiger partial charge in [-0.3, -0.25) is 0 Å². The monoisotopic (exact) mass is 253 g/mol. The van der Waals surface area contributed by atoms with Gasteiger partial charge in [-0.05, 0) is 29.2 Å². The first-order chi connectivity index (χ1) is 9.24. The van der Waals surface area contributed by atoms with E-state index in [1.165, 1.54) is 11.1 Å². The summed E-state index contributed by atoms with van der Waals surface area (Å²) in [5.74, 6) is 1.49. The fourth-order valence-electron chi connectivity index (χ4n) is 2.40. The Kier molecular flexibility index (Phi) is 3.16. The standard InChI is InChI=1S/C17H19NO/c1-12(2)14-8-9-16-15(10-14)18-11-17(19-16)13-6-4-3-5-7-13/h3-10,12,17-18H,11H2,1-2H3. The number of nitrogens with one attached hydrogen (secondary N) is 1. The fraction of sp³-hybridized carbons (Fsp3) is 0.294. The first kappa shape index (κ1) is 12.1. The second-order valence-corrected chi connectivity index (χ2v) is 5.31. The molecule has 1 aliphatic rings. The van der Waals surface area contributed by atoms with E-state index in [4.69, 9.17) is 4.74 Å². The summed E-state index contributed by atoms with van der Waals surface area (Å²) in [4.78, 5) is 0. The number of benzene rings is 2. The molecule has 1 N–H and O–H groups in total. The van der Waals surface area contributed by atoms with E-state index in [0.717, 1.165) is 18.0 Å². The molecule has 0 aromatic heterocycles. The van der Waals surface area contributed by atoms with Gasteiger partial charge in [-0.2, -0.15) is 0 Å². The number of anilines is 1. The lowest BCUT2D eigenvalue weighted by Gasteiger charge is -2.28. The third kappa shape index (κ3) is 2.43. The molecule has 1 atom stereocenters. The Bertz CT molecular complexity index is 563. The van der Waals surface area contributed by atoms with E-state index >= 15 is 0 Å². The van der Waals surface area contributed by atoms with E-state index in [2.05, 4.69) is 61.6 Å². The maximum atomic E-state index is 6.09. The van der Waals surface area contributed by atoms with Crippen LogP contribution in [0.5, 0.6) is 5.75 Å². The highest BCUT2D eigenvalue weighted by Crippen LogP contribution is 2.36. The van der Waals surface area contributed by atoms with Crippen molar-refractivity contribution in [1.82, 2.24) is 0 Å². The van der Waals surface area contributed by atoms with Crippen LogP contribution in [0.4, 0.5) is 5.69 Å². The predicted molar refractivity (Wildman–Crippen MR) is 78.8 cm³/mol. The molecule has 0 saturated heterocycles. The lowest BCUT2D eigenvalue weighted by molar-refractivity contribution is 0.210. The highest BCUT2D eigenvalue weighted by Gasteiger charge is 2.21. The minimum Gasteiger partial charge on any atom is -0.482 e. The Labute approximate surface area is 114 Å². The largest absolute Gasteiger partial charge is 0.482 e. The molecule has 98 valence electrons. The molecule has 1 aliphatic heterocycles. The van der Waals surface area contributed by atoms with E-state index in [9.17, 15) is 0 Å². The Morgan fingerprint density at radius 3 is 2.63 bits per heavy atom. The van der Waals surface area contributed by atoms with Gasteiger partial charge in [0.05, 0.1) is 12.2 Å². The van der Waals surface area contributed by atoms with Gasteiger partial charge in [-0.25, -0.2) is 0 Å². The highest BCUT2D eigenvalue weighted by atomic mass is 16.5. The van der Waals surface area contributed by atoms with Gasteiger partial charge in [0, 0.05) is 0 Å². The molecule has 3 rings (SSSR count). The molecule has 0 saturated carbocycles. The Balaban J connectivity index is 1.85. The normalized spacial score (nSPS) is 17.5. The van der Waals surface area contributed by atoms with Gasteiger partial charge in [0.25, 0.3) is 0 Å². The number of fused-ring (bicyclic) bond motifs is 1. The molecule has 19 heavy (non-hydrogen) atoms. The van der Waals surface area contributed by atoms with Crippen LogP contribution in [0.15, 0.2) is 48.5 Å². The summed E-state index contributed by atoms with van der Waals surface area (Å²) < 4.78 is 6.09. The molecular weight excluding hydrogens is 234 g/mol. The van der Waals surface area contributed by atoms with Crippen LogP contribution in [0.1, 0.15) is 37.0 Å². The summed E-state index contributed by atoms with van der Waals surface area (Å²) in [5, 5.41) is 3.48. The molecule has 0 fully saturated rings. The van der Waals surface area contributed by atoms with Crippen LogP contribution >= 0.6 is 0 Å². The van der Waals surface area contributed by atoms with Crippen LogP contribution < -0.4 is 10.1 Å². The van der Waals surface area contributed by atoms with Crippen molar-refractivity contribution < 1.29 is 4.74 Å². The van der Waals surface area contributed by atoms with Gasteiger partial charge >= 0.3 is 0 Å². The lowest BCUT2D eigenvalue weighted by atomic mass is 10.0. The van der Waals surface area contributed by atoms with Crippen LogP contribution in [-0.2, 0) is 0 Å². The first-order valence-corrected chi connectivity index (χ1v) is 6.83. The summed E-state index contributed by atoms with van der Waals surface area (Å²) in [6.07, 6.45) is 0.0959. The predicted octanol–water partition coefficient (Wildman–Crippen LogP) is 4.36. The number of rotatable bonds is 2. The van der Waals surface area contributed by atoms with E-state index in [0.29, 0.717) is 5.92 Å². The zero-order chi connectivity index (χ0) is 13.2.